The van der Waals surface area contributed by atoms with Crippen molar-refractivity contribution in [3.8, 4) is 0 Å². The van der Waals surface area contributed by atoms with Crippen molar-refractivity contribution in [3.63, 3.8) is 0 Å². The number of rotatable bonds is 8. The Morgan fingerprint density at radius 2 is 1.62 bits per heavy atom. The molecular weight excluding hydrogens is 326 g/mol. The van der Waals surface area contributed by atoms with E-state index in [2.05, 4.69) is 22.8 Å². The second-order valence-electron chi connectivity index (χ2n) is 7.02. The van der Waals surface area contributed by atoms with Crippen molar-refractivity contribution in [3.05, 3.63) is 65.7 Å². The van der Waals surface area contributed by atoms with Crippen LogP contribution in [0.1, 0.15) is 24.0 Å². The van der Waals surface area contributed by atoms with Crippen LogP contribution in [-0.2, 0) is 16.0 Å². The highest BCUT2D eigenvalue weighted by atomic mass is 16.2. The monoisotopic (exact) mass is 352 g/mol. The molecule has 2 aromatic rings. The second-order valence-corrected chi connectivity index (χ2v) is 7.02. The summed E-state index contributed by atoms with van der Waals surface area (Å²) in [6, 6.07) is 18.4. The van der Waals surface area contributed by atoms with Gasteiger partial charge in [0, 0.05) is 11.7 Å². The van der Waals surface area contributed by atoms with Crippen LogP contribution in [-0.4, -0.2) is 38.0 Å². The number of benzene rings is 2. The lowest BCUT2D eigenvalue weighted by molar-refractivity contribution is -0.862. The molecule has 3 N–H and O–H groups in total. The van der Waals surface area contributed by atoms with E-state index in [0.717, 1.165) is 35.4 Å². The molecule has 0 heterocycles. The van der Waals surface area contributed by atoms with Crippen molar-refractivity contribution >= 4 is 17.5 Å². The van der Waals surface area contributed by atoms with Crippen molar-refractivity contribution < 1.29 is 14.5 Å². The number of nitrogens with one attached hydrogen (secondary N) is 3. The van der Waals surface area contributed by atoms with Gasteiger partial charge in [-0.3, -0.25) is 9.59 Å². The molecule has 1 fully saturated rings. The molecule has 0 spiro atoms. The average Bonchev–Trinajstić information content (AvgIpc) is 3.41. The summed E-state index contributed by atoms with van der Waals surface area (Å²) >= 11 is 0. The van der Waals surface area contributed by atoms with Crippen LogP contribution in [0.25, 0.3) is 0 Å². The number of hydrogen-bond donors (Lipinski definition) is 3. The van der Waals surface area contributed by atoms with Crippen molar-refractivity contribution in [1.29, 1.82) is 0 Å². The Kier molecular flexibility index (Phi) is 6.02. The lowest BCUT2D eigenvalue weighted by Crippen LogP contribution is -3.11. The zero-order valence-corrected chi connectivity index (χ0v) is 15.1. The van der Waals surface area contributed by atoms with E-state index >= 15 is 0 Å². The fraction of sp³-hybridized carbons (Fsp3) is 0.333. The molecule has 0 aromatic heterocycles. The molecular formula is C21H26N3O2+. The van der Waals surface area contributed by atoms with E-state index in [4.69, 9.17) is 0 Å². The maximum Gasteiger partial charge on any atom is 0.279 e. The standard InChI is InChI=1S/C21H25N3O2/c1-24(14-20(25)22-18-11-12-18)15-21(26)23-19-10-6-5-9-17(19)13-16-7-3-2-4-8-16/h2-10,18H,11-15H2,1H3,(H,22,25)(H,23,26)/p+1. The van der Waals surface area contributed by atoms with Crippen molar-refractivity contribution in [2.75, 3.05) is 25.5 Å². The Bertz CT molecular complexity index is 757. The summed E-state index contributed by atoms with van der Waals surface area (Å²) in [5, 5.41) is 5.95. The molecule has 0 radical (unpaired) electrons. The van der Waals surface area contributed by atoms with Gasteiger partial charge in [-0.1, -0.05) is 48.5 Å². The number of carbonyl (C=O) groups is 2. The molecule has 1 aliphatic rings. The van der Waals surface area contributed by atoms with E-state index in [1.165, 1.54) is 5.56 Å². The average molecular weight is 352 g/mol. The molecule has 1 atom stereocenters. The summed E-state index contributed by atoms with van der Waals surface area (Å²) in [6.45, 7) is 0.577. The first kappa shape index (κ1) is 18.1. The molecule has 1 unspecified atom stereocenters. The minimum atomic E-state index is -0.0813. The predicted octanol–water partition coefficient (Wildman–Crippen LogP) is 1.01. The lowest BCUT2D eigenvalue weighted by Gasteiger charge is -2.15. The highest BCUT2D eigenvalue weighted by Gasteiger charge is 2.25. The molecule has 5 heteroatoms. The van der Waals surface area contributed by atoms with Gasteiger partial charge in [-0.25, -0.2) is 0 Å². The van der Waals surface area contributed by atoms with Gasteiger partial charge in [0.1, 0.15) is 0 Å². The number of hydrogen-bond acceptors (Lipinski definition) is 2. The highest BCUT2D eigenvalue weighted by Crippen LogP contribution is 2.19. The molecule has 0 bridgehead atoms. The van der Waals surface area contributed by atoms with Crippen LogP contribution < -0.4 is 15.5 Å². The molecule has 2 amide bonds. The maximum atomic E-state index is 12.4. The predicted molar refractivity (Wildman–Crippen MR) is 102 cm³/mol. The lowest BCUT2D eigenvalue weighted by atomic mass is 10.0. The first-order valence-electron chi connectivity index (χ1n) is 9.12. The molecule has 136 valence electrons. The van der Waals surface area contributed by atoms with Crippen molar-refractivity contribution in [1.82, 2.24) is 5.32 Å². The van der Waals surface area contributed by atoms with E-state index in [1.54, 1.807) is 0 Å². The van der Waals surface area contributed by atoms with E-state index in [0.29, 0.717) is 12.6 Å². The summed E-state index contributed by atoms with van der Waals surface area (Å²) in [7, 11) is 1.86. The van der Waals surface area contributed by atoms with Crippen LogP contribution in [0.3, 0.4) is 0 Å². The van der Waals surface area contributed by atoms with E-state index in [-0.39, 0.29) is 18.4 Å². The van der Waals surface area contributed by atoms with Crippen LogP contribution in [0.2, 0.25) is 0 Å². The number of anilines is 1. The summed E-state index contributed by atoms with van der Waals surface area (Å²) in [5.74, 6) is -0.0653. The Morgan fingerprint density at radius 1 is 0.962 bits per heavy atom. The third kappa shape index (κ3) is 5.70. The quantitative estimate of drug-likeness (QED) is 0.664. The van der Waals surface area contributed by atoms with Crippen LogP contribution in [0.15, 0.2) is 54.6 Å². The van der Waals surface area contributed by atoms with Crippen LogP contribution in [0, 0.1) is 0 Å². The van der Waals surface area contributed by atoms with Gasteiger partial charge < -0.3 is 15.5 Å². The topological polar surface area (TPSA) is 62.6 Å². The Hall–Kier alpha value is -2.66. The Labute approximate surface area is 154 Å². The van der Waals surface area contributed by atoms with Crippen LogP contribution >= 0.6 is 0 Å². The van der Waals surface area contributed by atoms with E-state index < -0.39 is 0 Å². The van der Waals surface area contributed by atoms with Crippen LogP contribution in [0.4, 0.5) is 5.69 Å². The molecule has 5 nitrogen and oxygen atoms in total. The SMILES string of the molecule is C[NH+](CC(=O)Nc1ccccc1Cc1ccccc1)CC(=O)NC1CC1. The highest BCUT2D eigenvalue weighted by molar-refractivity contribution is 5.92. The minimum absolute atomic E-state index is 0.0160. The maximum absolute atomic E-state index is 12.4. The molecule has 0 saturated heterocycles. The molecule has 2 aromatic carbocycles. The van der Waals surface area contributed by atoms with Gasteiger partial charge in [-0.05, 0) is 36.5 Å². The van der Waals surface area contributed by atoms with Crippen molar-refractivity contribution in [2.24, 2.45) is 0 Å². The number of para-hydroxylation sites is 1. The van der Waals surface area contributed by atoms with Gasteiger partial charge in [0.05, 0.1) is 7.05 Å². The molecule has 26 heavy (non-hydrogen) atoms. The summed E-state index contributed by atoms with van der Waals surface area (Å²) < 4.78 is 0. The van der Waals surface area contributed by atoms with Gasteiger partial charge >= 0.3 is 0 Å². The Morgan fingerprint density at radius 3 is 2.35 bits per heavy atom. The van der Waals surface area contributed by atoms with Crippen LogP contribution in [0.5, 0.6) is 0 Å². The second kappa shape index (κ2) is 8.63. The van der Waals surface area contributed by atoms with Gasteiger partial charge in [0.2, 0.25) is 0 Å². The fourth-order valence-electron chi connectivity index (χ4n) is 2.92. The number of quaternary nitrogens is 1. The third-order valence-corrected chi connectivity index (χ3v) is 4.40. The molecule has 0 aliphatic heterocycles. The van der Waals surface area contributed by atoms with Gasteiger partial charge in [0.15, 0.2) is 13.1 Å². The van der Waals surface area contributed by atoms with E-state index in [9.17, 15) is 9.59 Å². The third-order valence-electron chi connectivity index (χ3n) is 4.40. The molecule has 1 aliphatic carbocycles. The normalized spacial score (nSPS) is 14.5. The van der Waals surface area contributed by atoms with Gasteiger partial charge in [-0.15, -0.1) is 0 Å². The number of likely N-dealkylation sites (N-methyl/N-ethyl adjacent to an activating group) is 1. The van der Waals surface area contributed by atoms with Crippen molar-refractivity contribution in [2.45, 2.75) is 25.3 Å². The largest absolute Gasteiger partial charge is 0.348 e. The first-order chi connectivity index (χ1) is 12.6. The molecule has 3 rings (SSSR count). The molecule has 1 saturated carbocycles. The minimum Gasteiger partial charge on any atom is -0.348 e. The van der Waals surface area contributed by atoms with Gasteiger partial charge in [-0.2, -0.15) is 0 Å². The first-order valence-corrected chi connectivity index (χ1v) is 9.12. The summed E-state index contributed by atoms with van der Waals surface area (Å²) in [5.41, 5.74) is 3.11. The zero-order chi connectivity index (χ0) is 18.4. The Balaban J connectivity index is 1.54. The number of amides is 2. The summed E-state index contributed by atoms with van der Waals surface area (Å²) in [6.07, 6.45) is 2.91. The summed E-state index contributed by atoms with van der Waals surface area (Å²) in [4.78, 5) is 25.1. The van der Waals surface area contributed by atoms with E-state index in [1.807, 2.05) is 49.5 Å². The fourth-order valence-corrected chi connectivity index (χ4v) is 2.92. The number of carbonyl (C=O) groups excluding carboxylic acids is 2. The van der Waals surface area contributed by atoms with Gasteiger partial charge in [0.25, 0.3) is 11.8 Å². The smallest absolute Gasteiger partial charge is 0.279 e. The zero-order valence-electron chi connectivity index (χ0n) is 15.1.